The lowest BCUT2D eigenvalue weighted by Crippen LogP contribution is -1.93. The normalized spacial score (nSPS) is 17.4. The quantitative estimate of drug-likeness (QED) is 0.472. The third-order valence-electron chi connectivity index (χ3n) is 0.729. The number of allylic oxidation sites excluding steroid dienone is 2. The van der Waals surface area contributed by atoms with Gasteiger partial charge in [0.1, 0.15) is 0 Å². The molecule has 5 heavy (non-hydrogen) atoms. The molecule has 0 aromatic heterocycles. The van der Waals surface area contributed by atoms with Crippen LogP contribution in [-0.2, 0) is 0 Å². The van der Waals surface area contributed by atoms with Gasteiger partial charge < -0.3 is 5.32 Å². The van der Waals surface area contributed by atoms with E-state index in [1.54, 1.807) is 0 Å². The number of hydrogen-bond donors (Lipinski definition) is 1. The van der Waals surface area contributed by atoms with Crippen LogP contribution >= 0.6 is 0 Å². The number of hydrogen-bond acceptors (Lipinski definition) is 1. The summed E-state index contributed by atoms with van der Waals surface area (Å²) in [7, 11) is 1.94. The fourth-order valence-corrected chi connectivity index (χ4v) is 0.255. The summed E-state index contributed by atoms with van der Waals surface area (Å²) in [5.74, 6) is 0. The van der Waals surface area contributed by atoms with Gasteiger partial charge >= 0.3 is 0 Å². The van der Waals surface area contributed by atoms with E-state index in [4.69, 9.17) is 0 Å². The van der Waals surface area contributed by atoms with Crippen molar-refractivity contribution in [2.45, 2.75) is 6.42 Å². The highest BCUT2D eigenvalue weighted by Crippen LogP contribution is 2.11. The molecule has 1 rings (SSSR count). The Bertz CT molecular complexity index is 64.0. The standard InChI is InChI=1S/C4H7N/c1-5-4-2-3-4/h2,5H,3H2,1H3. The van der Waals surface area contributed by atoms with Crippen molar-refractivity contribution >= 4 is 0 Å². The predicted molar refractivity (Wildman–Crippen MR) is 21.8 cm³/mol. The molecule has 0 saturated carbocycles. The van der Waals surface area contributed by atoms with Crippen molar-refractivity contribution in [2.24, 2.45) is 0 Å². The highest BCUT2D eigenvalue weighted by molar-refractivity contribution is 5.18. The molecule has 0 aromatic carbocycles. The molecule has 0 bridgehead atoms. The van der Waals surface area contributed by atoms with Gasteiger partial charge in [0, 0.05) is 19.2 Å². The Hall–Kier alpha value is -0.460. The molecular weight excluding hydrogens is 62.1 g/mol. The lowest BCUT2D eigenvalue weighted by molar-refractivity contribution is 1.04. The van der Waals surface area contributed by atoms with Gasteiger partial charge in [0.15, 0.2) is 0 Å². The molecule has 0 aromatic rings. The maximum Gasteiger partial charge on any atom is 0.0106 e. The molecule has 0 atom stereocenters. The maximum absolute atomic E-state index is 3.00. The summed E-state index contributed by atoms with van der Waals surface area (Å²) in [6, 6.07) is 0. The fraction of sp³-hybridized carbons (Fsp3) is 0.500. The molecular formula is C4H7N. The van der Waals surface area contributed by atoms with Crippen LogP contribution in [0.4, 0.5) is 0 Å². The van der Waals surface area contributed by atoms with Crippen molar-refractivity contribution in [1.29, 1.82) is 0 Å². The molecule has 1 aliphatic carbocycles. The zero-order valence-corrected chi connectivity index (χ0v) is 3.28. The first kappa shape index (κ1) is 2.76. The summed E-state index contributed by atoms with van der Waals surface area (Å²) in [5.41, 5.74) is 1.38. The molecule has 0 amide bonds. The van der Waals surface area contributed by atoms with Crippen molar-refractivity contribution in [1.82, 2.24) is 5.32 Å². The lowest BCUT2D eigenvalue weighted by atomic mass is 10.8. The van der Waals surface area contributed by atoms with Gasteiger partial charge in [-0.05, 0) is 0 Å². The summed E-state index contributed by atoms with van der Waals surface area (Å²) < 4.78 is 0. The highest BCUT2D eigenvalue weighted by Gasteiger charge is 1.99. The van der Waals surface area contributed by atoms with Gasteiger partial charge in [0.2, 0.25) is 0 Å². The SMILES string of the molecule is CNC1=CC1. The van der Waals surface area contributed by atoms with E-state index in [1.807, 2.05) is 7.05 Å². The van der Waals surface area contributed by atoms with Crippen LogP contribution in [0.5, 0.6) is 0 Å². The van der Waals surface area contributed by atoms with E-state index in [0.717, 1.165) is 0 Å². The van der Waals surface area contributed by atoms with Crippen LogP contribution in [0.3, 0.4) is 0 Å². The topological polar surface area (TPSA) is 12.0 Å². The van der Waals surface area contributed by atoms with E-state index in [0.29, 0.717) is 0 Å². The molecule has 1 aliphatic rings. The second-order valence-corrected chi connectivity index (χ2v) is 1.18. The predicted octanol–water partition coefficient (Wildman–Crippen LogP) is 0.493. The molecule has 0 spiro atoms. The summed E-state index contributed by atoms with van der Waals surface area (Å²) in [5, 5.41) is 3.00. The molecule has 0 heterocycles. The first-order chi connectivity index (χ1) is 2.43. The van der Waals surface area contributed by atoms with Gasteiger partial charge in [-0.1, -0.05) is 6.08 Å². The Kier molecular flexibility index (Phi) is 0.411. The van der Waals surface area contributed by atoms with Crippen molar-refractivity contribution in [2.75, 3.05) is 7.05 Å². The summed E-state index contributed by atoms with van der Waals surface area (Å²) >= 11 is 0. The van der Waals surface area contributed by atoms with E-state index in [9.17, 15) is 0 Å². The van der Waals surface area contributed by atoms with Crippen LogP contribution in [0.1, 0.15) is 6.42 Å². The van der Waals surface area contributed by atoms with Crippen LogP contribution in [0.2, 0.25) is 0 Å². The van der Waals surface area contributed by atoms with E-state index < -0.39 is 0 Å². The van der Waals surface area contributed by atoms with Crippen molar-refractivity contribution in [3.8, 4) is 0 Å². The van der Waals surface area contributed by atoms with Gasteiger partial charge in [-0.3, -0.25) is 0 Å². The minimum atomic E-state index is 1.19. The second-order valence-electron chi connectivity index (χ2n) is 1.18. The minimum absolute atomic E-state index is 1.19. The Labute approximate surface area is 31.7 Å². The molecule has 1 nitrogen and oxygen atoms in total. The monoisotopic (exact) mass is 69.1 g/mol. The van der Waals surface area contributed by atoms with Crippen LogP contribution in [0.15, 0.2) is 11.8 Å². The minimum Gasteiger partial charge on any atom is -0.391 e. The Morgan fingerprint density at radius 3 is 2.60 bits per heavy atom. The summed E-state index contributed by atoms with van der Waals surface area (Å²) in [6.07, 6.45) is 3.34. The van der Waals surface area contributed by atoms with Gasteiger partial charge in [0.25, 0.3) is 0 Å². The summed E-state index contributed by atoms with van der Waals surface area (Å²) in [6.45, 7) is 0. The molecule has 0 aliphatic heterocycles. The zero-order chi connectivity index (χ0) is 3.70. The van der Waals surface area contributed by atoms with E-state index >= 15 is 0 Å². The van der Waals surface area contributed by atoms with Gasteiger partial charge in [-0.15, -0.1) is 0 Å². The van der Waals surface area contributed by atoms with Crippen molar-refractivity contribution in [3.63, 3.8) is 0 Å². The van der Waals surface area contributed by atoms with Gasteiger partial charge in [-0.25, -0.2) is 0 Å². The average Bonchev–Trinajstić information content (AvgIpc) is 2.12. The molecule has 0 radical (unpaired) electrons. The molecule has 28 valence electrons. The third kappa shape index (κ3) is 0.407. The Morgan fingerprint density at radius 2 is 2.60 bits per heavy atom. The first-order valence-electron chi connectivity index (χ1n) is 1.80. The van der Waals surface area contributed by atoms with Crippen molar-refractivity contribution < 1.29 is 0 Å². The smallest absolute Gasteiger partial charge is 0.0106 e. The lowest BCUT2D eigenvalue weighted by Gasteiger charge is -1.78. The highest BCUT2D eigenvalue weighted by atomic mass is 14.9. The second kappa shape index (κ2) is 0.744. The largest absolute Gasteiger partial charge is 0.391 e. The summed E-state index contributed by atoms with van der Waals surface area (Å²) in [4.78, 5) is 0. The zero-order valence-electron chi connectivity index (χ0n) is 3.28. The first-order valence-corrected chi connectivity index (χ1v) is 1.80. The van der Waals surface area contributed by atoms with Crippen LogP contribution in [0.25, 0.3) is 0 Å². The van der Waals surface area contributed by atoms with Gasteiger partial charge in [0.05, 0.1) is 0 Å². The maximum atomic E-state index is 3.00. The van der Waals surface area contributed by atoms with Crippen LogP contribution in [-0.4, -0.2) is 7.05 Å². The third-order valence-corrected chi connectivity index (χ3v) is 0.729. The molecule has 0 saturated heterocycles. The Balaban J connectivity index is 2.22. The van der Waals surface area contributed by atoms with E-state index in [1.165, 1.54) is 12.1 Å². The number of rotatable bonds is 1. The molecule has 0 unspecified atom stereocenters. The Morgan fingerprint density at radius 1 is 2.00 bits per heavy atom. The molecule has 0 fully saturated rings. The van der Waals surface area contributed by atoms with E-state index in [2.05, 4.69) is 11.4 Å². The fourth-order valence-electron chi connectivity index (χ4n) is 0.255. The van der Waals surface area contributed by atoms with Crippen molar-refractivity contribution in [3.05, 3.63) is 11.8 Å². The van der Waals surface area contributed by atoms with Crippen LogP contribution in [0, 0.1) is 0 Å². The molecule has 1 N–H and O–H groups in total. The van der Waals surface area contributed by atoms with Gasteiger partial charge in [-0.2, -0.15) is 0 Å². The average molecular weight is 69.1 g/mol. The number of nitrogens with one attached hydrogen (secondary N) is 1. The van der Waals surface area contributed by atoms with Crippen LogP contribution < -0.4 is 5.32 Å². The molecule has 1 heteroatoms. The van der Waals surface area contributed by atoms with E-state index in [-0.39, 0.29) is 0 Å².